The van der Waals surface area contributed by atoms with Crippen LogP contribution in [0.2, 0.25) is 0 Å². The van der Waals surface area contributed by atoms with E-state index >= 15 is 0 Å². The molecule has 0 spiro atoms. The van der Waals surface area contributed by atoms with Gasteiger partial charge >= 0.3 is 0 Å². The van der Waals surface area contributed by atoms with E-state index in [1.54, 1.807) is 6.33 Å². The van der Waals surface area contributed by atoms with Gasteiger partial charge in [-0.2, -0.15) is 0 Å². The van der Waals surface area contributed by atoms with Crippen LogP contribution in [0.1, 0.15) is 18.4 Å². The zero-order valence-corrected chi connectivity index (χ0v) is 8.27. The molecule has 3 heteroatoms. The summed E-state index contributed by atoms with van der Waals surface area (Å²) in [6, 6.07) is 5.94. The van der Waals surface area contributed by atoms with E-state index in [0.29, 0.717) is 0 Å². The minimum atomic E-state index is -0.0543. The summed E-state index contributed by atoms with van der Waals surface area (Å²) >= 11 is 0. The van der Waals surface area contributed by atoms with Gasteiger partial charge in [-0.3, -0.25) is 0 Å². The zero-order chi connectivity index (χ0) is 10.1. The van der Waals surface area contributed by atoms with Crippen molar-refractivity contribution in [2.45, 2.75) is 12.8 Å². The van der Waals surface area contributed by atoms with Gasteiger partial charge in [0, 0.05) is 13.0 Å². The third-order valence-corrected chi connectivity index (χ3v) is 2.48. The number of benzene rings is 1. The van der Waals surface area contributed by atoms with E-state index in [9.17, 15) is 4.79 Å². The molecule has 3 nitrogen and oxygen atoms in total. The van der Waals surface area contributed by atoms with Crippen LogP contribution in [0.3, 0.4) is 0 Å². The van der Waals surface area contributed by atoms with E-state index in [0.717, 1.165) is 22.9 Å². The molecule has 2 rings (SSSR count). The molecule has 0 amide bonds. The van der Waals surface area contributed by atoms with Crippen LogP contribution in [0.5, 0.6) is 0 Å². The number of rotatable bonds is 2. The Bertz CT molecular complexity index is 473. The van der Waals surface area contributed by atoms with E-state index in [-0.39, 0.29) is 5.92 Å². The Morgan fingerprint density at radius 3 is 3.00 bits per heavy atom. The van der Waals surface area contributed by atoms with Crippen molar-refractivity contribution in [1.29, 1.82) is 0 Å². The van der Waals surface area contributed by atoms with Crippen LogP contribution >= 0.6 is 0 Å². The smallest absolute Gasteiger partial charge is 0.127 e. The number of aromatic nitrogens is 2. The SMILES string of the molecule is CC(C=O)c1ccc2c(c1)ncn2C. The number of carbonyl (C=O) groups excluding carboxylic acids is 1. The molecule has 0 aliphatic heterocycles. The third kappa shape index (κ3) is 1.31. The highest BCUT2D eigenvalue weighted by Crippen LogP contribution is 2.18. The fourth-order valence-electron chi connectivity index (χ4n) is 1.51. The summed E-state index contributed by atoms with van der Waals surface area (Å²) in [5.74, 6) is -0.0543. The van der Waals surface area contributed by atoms with Crippen LogP contribution in [0.25, 0.3) is 11.0 Å². The molecule has 0 radical (unpaired) electrons. The minimum Gasteiger partial charge on any atom is -0.334 e. The first kappa shape index (κ1) is 8.94. The number of aryl methyl sites for hydroxylation is 1. The molecular formula is C11H12N2O. The minimum absolute atomic E-state index is 0.0543. The predicted molar refractivity (Wildman–Crippen MR) is 55.2 cm³/mol. The van der Waals surface area contributed by atoms with Crippen molar-refractivity contribution >= 4 is 17.3 Å². The maximum Gasteiger partial charge on any atom is 0.127 e. The van der Waals surface area contributed by atoms with Crippen LogP contribution in [0, 0.1) is 0 Å². The highest BCUT2D eigenvalue weighted by molar-refractivity contribution is 5.77. The van der Waals surface area contributed by atoms with Crippen molar-refractivity contribution in [2.75, 3.05) is 0 Å². The van der Waals surface area contributed by atoms with E-state index in [1.165, 1.54) is 0 Å². The highest BCUT2D eigenvalue weighted by Gasteiger charge is 2.06. The van der Waals surface area contributed by atoms with Gasteiger partial charge in [0.2, 0.25) is 0 Å². The topological polar surface area (TPSA) is 34.9 Å². The largest absolute Gasteiger partial charge is 0.334 e. The van der Waals surface area contributed by atoms with Crippen LogP contribution in [-0.4, -0.2) is 15.8 Å². The van der Waals surface area contributed by atoms with Gasteiger partial charge in [0.25, 0.3) is 0 Å². The molecule has 0 N–H and O–H groups in total. The summed E-state index contributed by atoms with van der Waals surface area (Å²) in [7, 11) is 1.96. The lowest BCUT2D eigenvalue weighted by Crippen LogP contribution is -1.94. The first-order valence-corrected chi connectivity index (χ1v) is 4.58. The molecule has 1 aromatic heterocycles. The third-order valence-electron chi connectivity index (χ3n) is 2.48. The molecular weight excluding hydrogens is 176 g/mol. The van der Waals surface area contributed by atoms with Crippen LogP contribution in [0.4, 0.5) is 0 Å². The Labute approximate surface area is 82.4 Å². The highest BCUT2D eigenvalue weighted by atomic mass is 16.1. The number of fused-ring (bicyclic) bond motifs is 1. The maximum atomic E-state index is 10.6. The lowest BCUT2D eigenvalue weighted by molar-refractivity contribution is -0.108. The van der Waals surface area contributed by atoms with Crippen LogP contribution < -0.4 is 0 Å². The fourth-order valence-corrected chi connectivity index (χ4v) is 1.51. The Balaban J connectivity index is 2.57. The number of aldehydes is 1. The molecule has 0 aliphatic rings. The van der Waals surface area contributed by atoms with Crippen molar-refractivity contribution in [3.05, 3.63) is 30.1 Å². The second-order valence-corrected chi connectivity index (χ2v) is 3.53. The molecule has 0 aliphatic carbocycles. The summed E-state index contributed by atoms with van der Waals surface area (Å²) in [4.78, 5) is 14.9. The summed E-state index contributed by atoms with van der Waals surface area (Å²) in [6.07, 6.45) is 2.73. The molecule has 0 bridgehead atoms. The second-order valence-electron chi connectivity index (χ2n) is 3.53. The molecule has 1 unspecified atom stereocenters. The quantitative estimate of drug-likeness (QED) is 0.674. The lowest BCUT2D eigenvalue weighted by atomic mass is 10.0. The van der Waals surface area contributed by atoms with E-state index in [1.807, 2.05) is 36.7 Å². The van der Waals surface area contributed by atoms with Crippen LogP contribution in [-0.2, 0) is 11.8 Å². The van der Waals surface area contributed by atoms with E-state index in [2.05, 4.69) is 4.98 Å². The summed E-state index contributed by atoms with van der Waals surface area (Å²) in [6.45, 7) is 1.89. The van der Waals surface area contributed by atoms with Gasteiger partial charge in [-0.1, -0.05) is 13.0 Å². The fraction of sp³-hybridized carbons (Fsp3) is 0.273. The van der Waals surface area contributed by atoms with Gasteiger partial charge < -0.3 is 9.36 Å². The number of hydrogen-bond acceptors (Lipinski definition) is 2. The number of carbonyl (C=O) groups is 1. The van der Waals surface area contributed by atoms with Crippen molar-refractivity contribution in [2.24, 2.45) is 7.05 Å². The number of imidazole rings is 1. The molecule has 0 fully saturated rings. The molecule has 1 atom stereocenters. The van der Waals surface area contributed by atoms with Crippen molar-refractivity contribution in [3.63, 3.8) is 0 Å². The van der Waals surface area contributed by atoms with Crippen molar-refractivity contribution in [3.8, 4) is 0 Å². The Morgan fingerprint density at radius 1 is 1.50 bits per heavy atom. The van der Waals surface area contributed by atoms with Crippen molar-refractivity contribution in [1.82, 2.24) is 9.55 Å². The summed E-state index contributed by atoms with van der Waals surface area (Å²) < 4.78 is 1.96. The number of nitrogens with zero attached hydrogens (tertiary/aromatic N) is 2. The monoisotopic (exact) mass is 188 g/mol. The zero-order valence-electron chi connectivity index (χ0n) is 8.27. The number of hydrogen-bond donors (Lipinski definition) is 0. The van der Waals surface area contributed by atoms with E-state index in [4.69, 9.17) is 0 Å². The van der Waals surface area contributed by atoms with Crippen molar-refractivity contribution < 1.29 is 4.79 Å². The van der Waals surface area contributed by atoms with Gasteiger partial charge in [-0.15, -0.1) is 0 Å². The Morgan fingerprint density at radius 2 is 2.29 bits per heavy atom. The molecule has 72 valence electrons. The first-order chi connectivity index (χ1) is 6.72. The molecule has 0 saturated heterocycles. The van der Waals surface area contributed by atoms with E-state index < -0.39 is 0 Å². The lowest BCUT2D eigenvalue weighted by Gasteiger charge is -2.03. The van der Waals surface area contributed by atoms with Gasteiger partial charge in [0.1, 0.15) is 6.29 Å². The first-order valence-electron chi connectivity index (χ1n) is 4.58. The van der Waals surface area contributed by atoms with Gasteiger partial charge in [0.15, 0.2) is 0 Å². The predicted octanol–water partition coefficient (Wildman–Crippen LogP) is 1.88. The average molecular weight is 188 g/mol. The normalized spacial score (nSPS) is 13.0. The molecule has 14 heavy (non-hydrogen) atoms. The molecule has 2 aromatic rings. The molecule has 0 saturated carbocycles. The summed E-state index contributed by atoms with van der Waals surface area (Å²) in [5, 5.41) is 0. The summed E-state index contributed by atoms with van der Waals surface area (Å²) in [5.41, 5.74) is 3.05. The average Bonchev–Trinajstić information content (AvgIpc) is 2.59. The van der Waals surface area contributed by atoms with Gasteiger partial charge in [-0.25, -0.2) is 4.98 Å². The Kier molecular flexibility index (Phi) is 2.08. The van der Waals surface area contributed by atoms with Crippen LogP contribution in [0.15, 0.2) is 24.5 Å². The Hall–Kier alpha value is -1.64. The second kappa shape index (κ2) is 3.25. The molecule has 1 heterocycles. The standard InChI is InChI=1S/C11H12N2O/c1-8(6-14)9-3-4-11-10(5-9)12-7-13(11)2/h3-8H,1-2H3. The molecule has 1 aromatic carbocycles. The van der Waals surface area contributed by atoms with Gasteiger partial charge in [-0.05, 0) is 17.7 Å². The maximum absolute atomic E-state index is 10.6. The van der Waals surface area contributed by atoms with Gasteiger partial charge in [0.05, 0.1) is 17.4 Å².